The first kappa shape index (κ1) is 18.2. The minimum Gasteiger partial charge on any atom is -0.346 e. The normalized spacial score (nSPS) is 15.5. The van der Waals surface area contributed by atoms with Crippen molar-refractivity contribution in [2.75, 3.05) is 11.4 Å². The van der Waals surface area contributed by atoms with Crippen LogP contribution in [0, 0.1) is 0 Å². The molecule has 1 atom stereocenters. The van der Waals surface area contributed by atoms with Crippen LogP contribution in [0.5, 0.6) is 0 Å². The Balaban J connectivity index is 1.45. The number of hydrogen-bond acceptors (Lipinski definition) is 3. The van der Waals surface area contributed by atoms with Crippen molar-refractivity contribution in [2.45, 2.75) is 32.2 Å². The molecule has 1 unspecified atom stereocenters. The maximum Gasteiger partial charge on any atom is 0.251 e. The molecule has 1 aliphatic rings. The number of pyridine rings is 1. The fraction of sp³-hybridized carbons (Fsp3) is 0.261. The lowest BCUT2D eigenvalue weighted by atomic mass is 10.0. The maximum absolute atomic E-state index is 12.6. The van der Waals surface area contributed by atoms with Crippen molar-refractivity contribution in [1.82, 2.24) is 10.3 Å². The number of hydrogen-bond donors (Lipinski definition) is 1. The van der Waals surface area contributed by atoms with Gasteiger partial charge in [0.2, 0.25) is 5.91 Å². The second kappa shape index (κ2) is 7.80. The third kappa shape index (κ3) is 3.74. The number of piperidine rings is 1. The van der Waals surface area contributed by atoms with Crippen molar-refractivity contribution in [1.29, 1.82) is 0 Å². The molecule has 1 N–H and O–H groups in total. The minimum atomic E-state index is -0.133. The highest BCUT2D eigenvalue weighted by atomic mass is 16.2. The summed E-state index contributed by atoms with van der Waals surface area (Å²) < 4.78 is 0. The largest absolute Gasteiger partial charge is 0.346 e. The first-order valence-electron chi connectivity index (χ1n) is 9.67. The van der Waals surface area contributed by atoms with Gasteiger partial charge in [0.25, 0.3) is 5.91 Å². The average Bonchev–Trinajstić information content (AvgIpc) is 2.74. The average molecular weight is 373 g/mol. The zero-order valence-corrected chi connectivity index (χ0v) is 15.9. The van der Waals surface area contributed by atoms with Gasteiger partial charge in [-0.25, -0.2) is 0 Å². The molecule has 0 radical (unpaired) electrons. The summed E-state index contributed by atoms with van der Waals surface area (Å²) >= 11 is 0. The molecular weight excluding hydrogens is 350 g/mol. The molecule has 0 spiro atoms. The van der Waals surface area contributed by atoms with Gasteiger partial charge in [0, 0.05) is 42.0 Å². The van der Waals surface area contributed by atoms with Gasteiger partial charge in [0.05, 0.1) is 6.04 Å². The van der Waals surface area contributed by atoms with Crippen LogP contribution in [-0.4, -0.2) is 23.3 Å². The van der Waals surface area contributed by atoms with Crippen molar-refractivity contribution < 1.29 is 9.59 Å². The van der Waals surface area contributed by atoms with Crippen molar-refractivity contribution >= 4 is 28.3 Å². The lowest BCUT2D eigenvalue weighted by molar-refractivity contribution is -0.119. The quantitative estimate of drug-likeness (QED) is 0.744. The number of rotatable bonds is 4. The van der Waals surface area contributed by atoms with Crippen LogP contribution < -0.4 is 10.2 Å². The lowest BCUT2D eigenvalue weighted by Crippen LogP contribution is -2.35. The topological polar surface area (TPSA) is 62.3 Å². The van der Waals surface area contributed by atoms with Crippen molar-refractivity contribution in [3.63, 3.8) is 0 Å². The van der Waals surface area contributed by atoms with E-state index in [0.717, 1.165) is 41.4 Å². The molecule has 5 heteroatoms. The molecule has 0 saturated carbocycles. The Hall–Kier alpha value is -3.21. The number of nitrogens with one attached hydrogen (secondary N) is 1. The maximum atomic E-state index is 12.6. The molecule has 28 heavy (non-hydrogen) atoms. The predicted molar refractivity (Wildman–Crippen MR) is 110 cm³/mol. The molecule has 2 amide bonds. The molecule has 4 rings (SSSR count). The number of carbonyl (C=O) groups excluding carboxylic acids is 2. The number of anilines is 1. The summed E-state index contributed by atoms with van der Waals surface area (Å²) in [6.07, 6.45) is 6.15. The van der Waals surface area contributed by atoms with Gasteiger partial charge in [-0.15, -0.1) is 0 Å². The summed E-state index contributed by atoms with van der Waals surface area (Å²) in [7, 11) is 0. The summed E-state index contributed by atoms with van der Waals surface area (Å²) in [5.74, 6) is 0.0772. The number of aromatic nitrogens is 1. The molecule has 2 aromatic carbocycles. The fourth-order valence-corrected chi connectivity index (χ4v) is 3.61. The van der Waals surface area contributed by atoms with Crippen LogP contribution in [0.3, 0.4) is 0 Å². The Kier molecular flexibility index (Phi) is 5.06. The van der Waals surface area contributed by atoms with Gasteiger partial charge < -0.3 is 10.2 Å². The second-order valence-electron chi connectivity index (χ2n) is 7.23. The number of carbonyl (C=O) groups is 2. The Bertz CT molecular complexity index is 1010. The Morgan fingerprint density at radius 2 is 1.89 bits per heavy atom. The van der Waals surface area contributed by atoms with Crippen molar-refractivity contribution in [3.8, 4) is 0 Å². The van der Waals surface area contributed by atoms with Crippen LogP contribution in [0.2, 0.25) is 0 Å². The lowest BCUT2D eigenvalue weighted by Gasteiger charge is -2.27. The summed E-state index contributed by atoms with van der Waals surface area (Å²) in [4.78, 5) is 30.7. The van der Waals surface area contributed by atoms with E-state index in [2.05, 4.69) is 10.3 Å². The van der Waals surface area contributed by atoms with Crippen LogP contribution in [0.4, 0.5) is 5.69 Å². The van der Waals surface area contributed by atoms with E-state index in [4.69, 9.17) is 0 Å². The Morgan fingerprint density at radius 1 is 1.07 bits per heavy atom. The summed E-state index contributed by atoms with van der Waals surface area (Å²) in [6, 6.07) is 15.3. The zero-order valence-electron chi connectivity index (χ0n) is 15.9. The Labute approximate surface area is 164 Å². The highest BCUT2D eigenvalue weighted by Gasteiger charge is 2.20. The second-order valence-corrected chi connectivity index (χ2v) is 7.23. The van der Waals surface area contributed by atoms with E-state index in [1.165, 1.54) is 0 Å². The van der Waals surface area contributed by atoms with Gasteiger partial charge in [-0.05, 0) is 61.0 Å². The third-order valence-corrected chi connectivity index (χ3v) is 5.28. The summed E-state index contributed by atoms with van der Waals surface area (Å²) in [5.41, 5.74) is 2.56. The van der Waals surface area contributed by atoms with E-state index >= 15 is 0 Å². The fourth-order valence-electron chi connectivity index (χ4n) is 3.61. The number of amides is 2. The molecule has 1 saturated heterocycles. The molecule has 3 aromatic rings. The van der Waals surface area contributed by atoms with Crippen LogP contribution >= 0.6 is 0 Å². The van der Waals surface area contributed by atoms with Crippen molar-refractivity contribution in [2.24, 2.45) is 0 Å². The SMILES string of the molecule is CC(NC(=O)c1ccc2cnccc2c1)c1ccc(N2CCCCC2=O)cc1. The van der Waals surface area contributed by atoms with Gasteiger partial charge in [-0.2, -0.15) is 0 Å². The standard InChI is InChI=1S/C23H23N3O2/c1-16(17-7-9-21(10-8-17)26-13-3-2-4-22(26)27)25-23(28)19-5-6-20-15-24-12-11-18(20)14-19/h5-12,14-16H,2-4,13H2,1H3,(H,25,28). The molecule has 5 nitrogen and oxygen atoms in total. The first-order valence-corrected chi connectivity index (χ1v) is 9.67. The highest BCUT2D eigenvalue weighted by molar-refractivity contribution is 5.98. The van der Waals surface area contributed by atoms with E-state index in [1.807, 2.05) is 60.4 Å². The van der Waals surface area contributed by atoms with Crippen LogP contribution in [0.15, 0.2) is 60.9 Å². The van der Waals surface area contributed by atoms with Crippen LogP contribution in [0.25, 0.3) is 10.8 Å². The van der Waals surface area contributed by atoms with Gasteiger partial charge >= 0.3 is 0 Å². The van der Waals surface area contributed by atoms with E-state index in [0.29, 0.717) is 12.0 Å². The molecule has 142 valence electrons. The smallest absolute Gasteiger partial charge is 0.251 e. The molecule has 0 bridgehead atoms. The summed E-state index contributed by atoms with van der Waals surface area (Å²) in [5, 5.41) is 5.05. The van der Waals surface area contributed by atoms with E-state index in [9.17, 15) is 9.59 Å². The zero-order chi connectivity index (χ0) is 19.5. The predicted octanol–water partition coefficient (Wildman–Crippen LogP) is 4.24. The molecule has 0 aliphatic carbocycles. The first-order chi connectivity index (χ1) is 13.6. The number of benzene rings is 2. The molecule has 1 fully saturated rings. The van der Waals surface area contributed by atoms with E-state index < -0.39 is 0 Å². The minimum absolute atomic E-state index is 0.110. The third-order valence-electron chi connectivity index (χ3n) is 5.28. The molecular formula is C23H23N3O2. The highest BCUT2D eigenvalue weighted by Crippen LogP contribution is 2.23. The molecule has 1 aliphatic heterocycles. The van der Waals surface area contributed by atoms with Gasteiger partial charge in [0.15, 0.2) is 0 Å². The monoisotopic (exact) mass is 373 g/mol. The summed E-state index contributed by atoms with van der Waals surface area (Å²) in [6.45, 7) is 2.74. The van der Waals surface area contributed by atoms with E-state index in [-0.39, 0.29) is 17.9 Å². The number of fused-ring (bicyclic) bond motifs is 1. The van der Waals surface area contributed by atoms with Gasteiger partial charge in [0.1, 0.15) is 0 Å². The number of nitrogens with zero attached hydrogens (tertiary/aromatic N) is 2. The molecule has 2 heterocycles. The van der Waals surface area contributed by atoms with Crippen LogP contribution in [0.1, 0.15) is 48.1 Å². The molecule has 1 aromatic heterocycles. The van der Waals surface area contributed by atoms with Crippen molar-refractivity contribution in [3.05, 3.63) is 72.1 Å². The van der Waals surface area contributed by atoms with Gasteiger partial charge in [-0.1, -0.05) is 18.2 Å². The Morgan fingerprint density at radius 3 is 2.68 bits per heavy atom. The van der Waals surface area contributed by atoms with E-state index in [1.54, 1.807) is 12.4 Å². The van der Waals surface area contributed by atoms with Gasteiger partial charge in [-0.3, -0.25) is 14.6 Å². The van der Waals surface area contributed by atoms with Crippen LogP contribution in [-0.2, 0) is 4.79 Å².